The Bertz CT molecular complexity index is 217. The van der Waals surface area contributed by atoms with Crippen LogP contribution in [0.3, 0.4) is 0 Å². The molecule has 0 radical (unpaired) electrons. The van der Waals surface area contributed by atoms with Gasteiger partial charge >= 0.3 is 0 Å². The van der Waals surface area contributed by atoms with Gasteiger partial charge in [0.05, 0.1) is 0 Å². The van der Waals surface area contributed by atoms with Gasteiger partial charge < -0.3 is 10.6 Å². The molecule has 1 heterocycles. The molecular formula is C13H26N2. The first kappa shape index (κ1) is 11.4. The molecule has 0 aromatic carbocycles. The molecule has 1 saturated carbocycles. The van der Waals surface area contributed by atoms with Gasteiger partial charge in [0.1, 0.15) is 0 Å². The molecule has 0 spiro atoms. The van der Waals surface area contributed by atoms with E-state index >= 15 is 0 Å². The third-order valence-electron chi connectivity index (χ3n) is 4.35. The lowest BCUT2D eigenvalue weighted by Crippen LogP contribution is -2.38. The fourth-order valence-electron chi connectivity index (χ4n) is 2.93. The fraction of sp³-hybridized carbons (Fsp3) is 1.00. The molecule has 2 N–H and O–H groups in total. The summed E-state index contributed by atoms with van der Waals surface area (Å²) in [5.41, 5.74) is 1.13. The topological polar surface area (TPSA) is 24.1 Å². The molecule has 15 heavy (non-hydrogen) atoms. The first-order chi connectivity index (χ1) is 7.08. The molecule has 1 aliphatic carbocycles. The van der Waals surface area contributed by atoms with Crippen LogP contribution in [0.2, 0.25) is 0 Å². The molecule has 2 atom stereocenters. The van der Waals surface area contributed by atoms with Gasteiger partial charge in [0.2, 0.25) is 0 Å². The van der Waals surface area contributed by atoms with Crippen LogP contribution in [0.5, 0.6) is 0 Å². The minimum Gasteiger partial charge on any atom is -0.316 e. The summed E-state index contributed by atoms with van der Waals surface area (Å²) in [6.45, 7) is 10.7. The second-order valence-corrected chi connectivity index (χ2v) is 6.30. The number of hydrogen-bond acceptors (Lipinski definition) is 2. The van der Waals surface area contributed by atoms with Gasteiger partial charge in [0, 0.05) is 19.1 Å². The predicted molar refractivity (Wildman–Crippen MR) is 65.0 cm³/mol. The number of hydrogen-bond donors (Lipinski definition) is 2. The quantitative estimate of drug-likeness (QED) is 0.726. The van der Waals surface area contributed by atoms with Crippen LogP contribution in [-0.2, 0) is 0 Å². The van der Waals surface area contributed by atoms with Crippen molar-refractivity contribution in [3.8, 4) is 0 Å². The summed E-state index contributed by atoms with van der Waals surface area (Å²) in [6.07, 6.45) is 5.42. The van der Waals surface area contributed by atoms with Crippen molar-refractivity contribution in [3.63, 3.8) is 0 Å². The lowest BCUT2D eigenvalue weighted by Gasteiger charge is -2.28. The third-order valence-corrected chi connectivity index (χ3v) is 4.35. The van der Waals surface area contributed by atoms with E-state index in [1.54, 1.807) is 0 Å². The third kappa shape index (κ3) is 2.54. The zero-order chi connectivity index (χ0) is 10.9. The fourth-order valence-corrected chi connectivity index (χ4v) is 2.93. The minimum absolute atomic E-state index is 0.563. The van der Waals surface area contributed by atoms with E-state index in [4.69, 9.17) is 0 Å². The zero-order valence-electron chi connectivity index (χ0n) is 10.5. The van der Waals surface area contributed by atoms with Crippen LogP contribution >= 0.6 is 0 Å². The maximum Gasteiger partial charge on any atom is 0.0125 e. The predicted octanol–water partition coefficient (Wildman–Crippen LogP) is 2.15. The Balaban J connectivity index is 1.80. The Morgan fingerprint density at radius 1 is 1.40 bits per heavy atom. The Hall–Kier alpha value is -0.0800. The van der Waals surface area contributed by atoms with Crippen LogP contribution in [0.4, 0.5) is 0 Å². The van der Waals surface area contributed by atoms with Crippen molar-refractivity contribution in [2.24, 2.45) is 10.8 Å². The second kappa shape index (κ2) is 4.06. The first-order valence-electron chi connectivity index (χ1n) is 6.52. The molecule has 0 aromatic heterocycles. The molecule has 1 saturated heterocycles. The zero-order valence-corrected chi connectivity index (χ0v) is 10.5. The molecule has 0 bridgehead atoms. The molecule has 0 aromatic rings. The lowest BCUT2D eigenvalue weighted by molar-refractivity contribution is 0.271. The Kier molecular flexibility index (Phi) is 3.09. The van der Waals surface area contributed by atoms with Crippen LogP contribution in [0.15, 0.2) is 0 Å². The van der Waals surface area contributed by atoms with Crippen LogP contribution < -0.4 is 10.6 Å². The smallest absolute Gasteiger partial charge is 0.0125 e. The molecule has 1 aliphatic heterocycles. The molecule has 2 heteroatoms. The van der Waals surface area contributed by atoms with E-state index in [1.807, 2.05) is 0 Å². The van der Waals surface area contributed by atoms with Gasteiger partial charge in [-0.3, -0.25) is 0 Å². The Morgan fingerprint density at radius 3 is 2.60 bits per heavy atom. The van der Waals surface area contributed by atoms with Crippen LogP contribution in [0.1, 0.15) is 46.5 Å². The van der Waals surface area contributed by atoms with Crippen LogP contribution in [0.25, 0.3) is 0 Å². The van der Waals surface area contributed by atoms with Crippen LogP contribution in [0, 0.1) is 10.8 Å². The maximum atomic E-state index is 3.77. The molecule has 2 unspecified atom stereocenters. The highest BCUT2D eigenvalue weighted by Crippen LogP contribution is 2.45. The largest absolute Gasteiger partial charge is 0.316 e. The SMILES string of the molecule is CCCC1(CNC2CC2(C)C)CCNC1. The average Bonchev–Trinajstić information content (AvgIpc) is 2.63. The first-order valence-corrected chi connectivity index (χ1v) is 6.52. The van der Waals surface area contributed by atoms with Gasteiger partial charge in [-0.1, -0.05) is 27.2 Å². The number of nitrogens with one attached hydrogen (secondary N) is 2. The molecule has 2 aliphatic rings. The van der Waals surface area contributed by atoms with Crippen molar-refractivity contribution in [1.29, 1.82) is 0 Å². The molecule has 2 rings (SSSR count). The summed E-state index contributed by atoms with van der Waals surface area (Å²) >= 11 is 0. The minimum atomic E-state index is 0.563. The van der Waals surface area contributed by atoms with Crippen molar-refractivity contribution in [3.05, 3.63) is 0 Å². The highest BCUT2D eigenvalue weighted by molar-refractivity contribution is 5.03. The van der Waals surface area contributed by atoms with Crippen molar-refractivity contribution >= 4 is 0 Å². The molecular weight excluding hydrogens is 184 g/mol. The molecule has 2 nitrogen and oxygen atoms in total. The second-order valence-electron chi connectivity index (χ2n) is 6.30. The monoisotopic (exact) mass is 210 g/mol. The van der Waals surface area contributed by atoms with Crippen LogP contribution in [-0.4, -0.2) is 25.7 Å². The van der Waals surface area contributed by atoms with Gasteiger partial charge in [-0.05, 0) is 36.6 Å². The van der Waals surface area contributed by atoms with E-state index in [2.05, 4.69) is 31.4 Å². The standard InChI is InChI=1S/C13H26N2/c1-4-5-13(6-7-14-9-13)10-15-11-8-12(11,2)3/h11,14-15H,4-10H2,1-3H3. The van der Waals surface area contributed by atoms with Crippen molar-refractivity contribution < 1.29 is 0 Å². The van der Waals surface area contributed by atoms with Crippen molar-refractivity contribution in [2.45, 2.75) is 52.5 Å². The van der Waals surface area contributed by atoms with E-state index in [0.29, 0.717) is 10.8 Å². The van der Waals surface area contributed by atoms with Gasteiger partial charge in [-0.2, -0.15) is 0 Å². The highest BCUT2D eigenvalue weighted by Gasteiger charge is 2.46. The Morgan fingerprint density at radius 2 is 2.13 bits per heavy atom. The average molecular weight is 210 g/mol. The van der Waals surface area contributed by atoms with Crippen molar-refractivity contribution in [2.75, 3.05) is 19.6 Å². The van der Waals surface area contributed by atoms with Crippen molar-refractivity contribution in [1.82, 2.24) is 10.6 Å². The van der Waals surface area contributed by atoms with E-state index in [1.165, 1.54) is 45.3 Å². The normalized spacial score (nSPS) is 38.2. The summed E-state index contributed by atoms with van der Waals surface area (Å²) in [4.78, 5) is 0. The van der Waals surface area contributed by atoms with Gasteiger partial charge in [-0.15, -0.1) is 0 Å². The summed E-state index contributed by atoms with van der Waals surface area (Å²) < 4.78 is 0. The highest BCUT2D eigenvalue weighted by atomic mass is 15.0. The summed E-state index contributed by atoms with van der Waals surface area (Å²) in [5, 5.41) is 7.30. The van der Waals surface area contributed by atoms with E-state index in [0.717, 1.165) is 6.04 Å². The van der Waals surface area contributed by atoms with Gasteiger partial charge in [0.25, 0.3) is 0 Å². The molecule has 88 valence electrons. The Labute approximate surface area is 94.2 Å². The van der Waals surface area contributed by atoms with Gasteiger partial charge in [0.15, 0.2) is 0 Å². The lowest BCUT2D eigenvalue weighted by atomic mass is 9.82. The summed E-state index contributed by atoms with van der Waals surface area (Å²) in [5.74, 6) is 0. The molecule has 0 amide bonds. The summed E-state index contributed by atoms with van der Waals surface area (Å²) in [7, 11) is 0. The maximum absolute atomic E-state index is 3.77. The van der Waals surface area contributed by atoms with E-state index in [-0.39, 0.29) is 0 Å². The summed E-state index contributed by atoms with van der Waals surface area (Å²) in [6, 6.07) is 0.784. The van der Waals surface area contributed by atoms with E-state index in [9.17, 15) is 0 Å². The number of rotatable bonds is 5. The van der Waals surface area contributed by atoms with Gasteiger partial charge in [-0.25, -0.2) is 0 Å². The molecule has 2 fully saturated rings. The van der Waals surface area contributed by atoms with E-state index < -0.39 is 0 Å².